The van der Waals surface area contributed by atoms with Gasteiger partial charge in [-0.3, -0.25) is 4.79 Å². The van der Waals surface area contributed by atoms with Crippen LogP contribution in [0.1, 0.15) is 24.0 Å². The Morgan fingerprint density at radius 3 is 2.78 bits per heavy atom. The number of anilines is 2. The fourth-order valence-electron chi connectivity index (χ4n) is 2.69. The second kappa shape index (κ2) is 6.75. The first-order valence-corrected chi connectivity index (χ1v) is 7.63. The Morgan fingerprint density at radius 1 is 1.35 bits per heavy atom. The number of ether oxygens (including phenoxy) is 1. The van der Waals surface area contributed by atoms with Gasteiger partial charge in [-0.05, 0) is 25.5 Å². The molecule has 2 aromatic rings. The molecule has 120 valence electrons. The first-order valence-electron chi connectivity index (χ1n) is 7.63. The van der Waals surface area contributed by atoms with E-state index < -0.39 is 0 Å². The van der Waals surface area contributed by atoms with E-state index in [0.717, 1.165) is 30.2 Å². The molecule has 0 spiro atoms. The maximum atomic E-state index is 12.0. The summed E-state index contributed by atoms with van der Waals surface area (Å²) < 4.78 is 4.93. The normalized spacial score (nSPS) is 16.8. The molecule has 1 fully saturated rings. The molecule has 1 N–H and O–H groups in total. The lowest BCUT2D eigenvalue weighted by molar-refractivity contribution is -0.143. The molecule has 1 aliphatic rings. The largest absolute Gasteiger partial charge is 0.375 e. The van der Waals surface area contributed by atoms with E-state index in [9.17, 15) is 4.79 Å². The molecular weight excluding hydrogens is 292 g/mol. The smallest absolute Gasteiger partial charge is 0.249 e. The standard InChI is InChI=1S/C17H20N4O2/c1-12-18-14(15-8-9-21(15)17(22)11-23-2)10-16(19-12)20-13-6-4-3-5-7-13/h3-7,10,15H,8-9,11H2,1-2H3,(H,18,19,20)/t15-/m1/s1. The summed E-state index contributed by atoms with van der Waals surface area (Å²) in [6.45, 7) is 2.71. The average Bonchev–Trinajstić information content (AvgIpc) is 2.46. The Bertz CT molecular complexity index is 690. The molecule has 1 aromatic carbocycles. The van der Waals surface area contributed by atoms with Crippen molar-refractivity contribution < 1.29 is 9.53 Å². The summed E-state index contributed by atoms with van der Waals surface area (Å²) >= 11 is 0. The van der Waals surface area contributed by atoms with Crippen molar-refractivity contribution in [3.05, 3.63) is 47.9 Å². The summed E-state index contributed by atoms with van der Waals surface area (Å²) in [6, 6.07) is 11.8. The summed E-state index contributed by atoms with van der Waals surface area (Å²) in [4.78, 5) is 22.7. The van der Waals surface area contributed by atoms with Crippen molar-refractivity contribution in [2.24, 2.45) is 0 Å². The zero-order valence-corrected chi connectivity index (χ0v) is 13.3. The van der Waals surface area contributed by atoms with Crippen molar-refractivity contribution in [1.29, 1.82) is 0 Å². The molecule has 23 heavy (non-hydrogen) atoms. The summed E-state index contributed by atoms with van der Waals surface area (Å²) in [5.41, 5.74) is 1.84. The number of para-hydroxylation sites is 1. The van der Waals surface area contributed by atoms with Gasteiger partial charge in [0.2, 0.25) is 5.91 Å². The molecule has 6 nitrogen and oxygen atoms in total. The van der Waals surface area contributed by atoms with Crippen molar-refractivity contribution >= 4 is 17.4 Å². The fraction of sp³-hybridized carbons (Fsp3) is 0.353. The molecule has 2 heterocycles. The number of aromatic nitrogens is 2. The number of nitrogens with zero attached hydrogens (tertiary/aromatic N) is 3. The van der Waals surface area contributed by atoms with Crippen LogP contribution < -0.4 is 5.32 Å². The van der Waals surface area contributed by atoms with Crippen LogP contribution >= 0.6 is 0 Å². The predicted molar refractivity (Wildman–Crippen MR) is 87.4 cm³/mol. The zero-order chi connectivity index (χ0) is 16.2. The lowest BCUT2D eigenvalue weighted by atomic mass is 9.99. The molecule has 1 amide bonds. The van der Waals surface area contributed by atoms with Crippen LogP contribution in [0, 0.1) is 6.92 Å². The highest BCUT2D eigenvalue weighted by Gasteiger charge is 2.34. The van der Waals surface area contributed by atoms with E-state index in [1.54, 1.807) is 4.90 Å². The van der Waals surface area contributed by atoms with E-state index in [0.29, 0.717) is 5.82 Å². The lowest BCUT2D eigenvalue weighted by Crippen LogP contribution is -2.47. The Morgan fingerprint density at radius 2 is 2.13 bits per heavy atom. The highest BCUT2D eigenvalue weighted by atomic mass is 16.5. The van der Waals surface area contributed by atoms with Crippen molar-refractivity contribution in [1.82, 2.24) is 14.9 Å². The van der Waals surface area contributed by atoms with Crippen LogP contribution in [-0.2, 0) is 9.53 Å². The summed E-state index contributed by atoms with van der Waals surface area (Å²) in [6.07, 6.45) is 0.913. The monoisotopic (exact) mass is 312 g/mol. The van der Waals surface area contributed by atoms with Crippen LogP contribution in [-0.4, -0.2) is 41.0 Å². The number of benzene rings is 1. The zero-order valence-electron chi connectivity index (χ0n) is 13.3. The summed E-state index contributed by atoms with van der Waals surface area (Å²) in [5, 5.41) is 3.28. The Balaban J connectivity index is 1.79. The van der Waals surface area contributed by atoms with Gasteiger partial charge in [-0.2, -0.15) is 0 Å². The van der Waals surface area contributed by atoms with Gasteiger partial charge in [-0.25, -0.2) is 9.97 Å². The van der Waals surface area contributed by atoms with Gasteiger partial charge in [0.1, 0.15) is 18.2 Å². The van der Waals surface area contributed by atoms with Crippen LogP contribution in [0.2, 0.25) is 0 Å². The molecule has 1 aliphatic heterocycles. The lowest BCUT2D eigenvalue weighted by Gasteiger charge is -2.40. The van der Waals surface area contributed by atoms with E-state index in [2.05, 4.69) is 15.3 Å². The van der Waals surface area contributed by atoms with Gasteiger partial charge in [-0.1, -0.05) is 18.2 Å². The van der Waals surface area contributed by atoms with Gasteiger partial charge in [0.15, 0.2) is 0 Å². The van der Waals surface area contributed by atoms with Gasteiger partial charge in [-0.15, -0.1) is 0 Å². The SMILES string of the molecule is COCC(=O)N1CC[C@@H]1c1cc(Nc2ccccc2)nc(C)n1. The summed E-state index contributed by atoms with van der Waals surface area (Å²) in [5.74, 6) is 1.43. The second-order valence-corrected chi connectivity index (χ2v) is 5.54. The molecule has 6 heteroatoms. The molecule has 1 aromatic heterocycles. The number of rotatable bonds is 5. The highest BCUT2D eigenvalue weighted by molar-refractivity contribution is 5.78. The van der Waals surface area contributed by atoms with E-state index in [4.69, 9.17) is 4.74 Å². The third-order valence-electron chi connectivity index (χ3n) is 3.85. The van der Waals surface area contributed by atoms with Gasteiger partial charge in [0.05, 0.1) is 11.7 Å². The van der Waals surface area contributed by atoms with Crippen LogP contribution in [0.4, 0.5) is 11.5 Å². The van der Waals surface area contributed by atoms with E-state index in [1.165, 1.54) is 7.11 Å². The number of amides is 1. The third-order valence-corrected chi connectivity index (χ3v) is 3.85. The number of methoxy groups -OCH3 is 1. The minimum atomic E-state index is -0.00224. The quantitative estimate of drug-likeness (QED) is 0.918. The number of carbonyl (C=O) groups is 1. The van der Waals surface area contributed by atoms with Crippen LogP contribution in [0.15, 0.2) is 36.4 Å². The minimum absolute atomic E-state index is 0.00224. The van der Waals surface area contributed by atoms with Gasteiger partial charge >= 0.3 is 0 Å². The molecule has 0 radical (unpaired) electrons. The Labute approximate surface area is 135 Å². The molecule has 0 saturated carbocycles. The van der Waals surface area contributed by atoms with E-state index in [1.807, 2.05) is 43.3 Å². The molecule has 3 rings (SSSR count). The average molecular weight is 312 g/mol. The van der Waals surface area contributed by atoms with Crippen molar-refractivity contribution in [2.75, 3.05) is 25.6 Å². The van der Waals surface area contributed by atoms with Crippen molar-refractivity contribution in [3.63, 3.8) is 0 Å². The third kappa shape index (κ3) is 3.48. The topological polar surface area (TPSA) is 67.3 Å². The predicted octanol–water partition coefficient (Wildman–Crippen LogP) is 2.45. The molecule has 0 aliphatic carbocycles. The van der Waals surface area contributed by atoms with Crippen LogP contribution in [0.3, 0.4) is 0 Å². The van der Waals surface area contributed by atoms with E-state index >= 15 is 0 Å². The number of carbonyl (C=O) groups excluding carboxylic acids is 1. The number of likely N-dealkylation sites (tertiary alicyclic amines) is 1. The maximum Gasteiger partial charge on any atom is 0.249 e. The molecular formula is C17H20N4O2. The molecule has 1 saturated heterocycles. The Kier molecular flexibility index (Phi) is 4.52. The summed E-state index contributed by atoms with van der Waals surface area (Å²) in [7, 11) is 1.53. The van der Waals surface area contributed by atoms with Gasteiger partial charge in [0, 0.05) is 25.4 Å². The minimum Gasteiger partial charge on any atom is -0.375 e. The molecule has 0 bridgehead atoms. The number of hydrogen-bond acceptors (Lipinski definition) is 5. The fourth-order valence-corrected chi connectivity index (χ4v) is 2.69. The molecule has 0 unspecified atom stereocenters. The van der Waals surface area contributed by atoms with E-state index in [-0.39, 0.29) is 18.6 Å². The van der Waals surface area contributed by atoms with Crippen LogP contribution in [0.5, 0.6) is 0 Å². The van der Waals surface area contributed by atoms with Crippen molar-refractivity contribution in [3.8, 4) is 0 Å². The van der Waals surface area contributed by atoms with Crippen molar-refractivity contribution in [2.45, 2.75) is 19.4 Å². The Hall–Kier alpha value is -2.47. The second-order valence-electron chi connectivity index (χ2n) is 5.54. The molecule has 1 atom stereocenters. The highest BCUT2D eigenvalue weighted by Crippen LogP contribution is 2.33. The number of hydrogen-bond donors (Lipinski definition) is 1. The maximum absolute atomic E-state index is 12.0. The number of nitrogens with one attached hydrogen (secondary N) is 1. The van der Waals surface area contributed by atoms with Gasteiger partial charge < -0.3 is 15.0 Å². The number of aryl methyl sites for hydroxylation is 1. The van der Waals surface area contributed by atoms with Gasteiger partial charge in [0.25, 0.3) is 0 Å². The first-order chi connectivity index (χ1) is 11.2. The first kappa shape index (κ1) is 15.4. The van der Waals surface area contributed by atoms with Crippen LogP contribution in [0.25, 0.3) is 0 Å².